The van der Waals surface area contributed by atoms with Crippen molar-refractivity contribution in [2.75, 3.05) is 5.75 Å². The van der Waals surface area contributed by atoms with Crippen LogP contribution in [0.1, 0.15) is 28.3 Å². The van der Waals surface area contributed by atoms with Crippen LogP contribution in [0.5, 0.6) is 0 Å². The molecule has 1 atom stereocenters. The highest BCUT2D eigenvalue weighted by molar-refractivity contribution is 7.98. The Bertz CT molecular complexity index is 565. The molecule has 0 saturated heterocycles. The summed E-state index contributed by atoms with van der Waals surface area (Å²) in [7, 11) is 0. The van der Waals surface area contributed by atoms with Crippen LogP contribution in [0.15, 0.2) is 48.5 Å². The lowest BCUT2D eigenvalue weighted by Crippen LogP contribution is -2.26. The van der Waals surface area contributed by atoms with E-state index in [0.29, 0.717) is 6.04 Å². The van der Waals surface area contributed by atoms with Crippen LogP contribution < -0.4 is 5.32 Å². The van der Waals surface area contributed by atoms with Crippen molar-refractivity contribution in [3.05, 3.63) is 70.8 Å². The first-order chi connectivity index (χ1) is 9.33. The van der Waals surface area contributed by atoms with E-state index in [-0.39, 0.29) is 0 Å². The largest absolute Gasteiger partial charge is 0.305 e. The Hall–Kier alpha value is -1.25. The lowest BCUT2D eigenvalue weighted by Gasteiger charge is -2.26. The summed E-state index contributed by atoms with van der Waals surface area (Å²) in [5, 5.41) is 3.70. The van der Waals surface area contributed by atoms with Gasteiger partial charge in [0.05, 0.1) is 0 Å². The minimum absolute atomic E-state index is 0.482. The summed E-state index contributed by atoms with van der Waals surface area (Å²) < 4.78 is 0. The molecule has 0 spiro atoms. The van der Waals surface area contributed by atoms with Crippen LogP contribution >= 0.6 is 11.8 Å². The Balaban J connectivity index is 1.71. The lowest BCUT2D eigenvalue weighted by molar-refractivity contribution is 0.575. The van der Waals surface area contributed by atoms with Gasteiger partial charge in [-0.3, -0.25) is 0 Å². The van der Waals surface area contributed by atoms with Crippen molar-refractivity contribution >= 4 is 11.8 Å². The second-order valence-electron chi connectivity index (χ2n) is 5.14. The molecule has 2 aromatic carbocycles. The van der Waals surface area contributed by atoms with Gasteiger partial charge >= 0.3 is 0 Å². The number of rotatable bonds is 3. The van der Waals surface area contributed by atoms with Crippen molar-refractivity contribution in [2.24, 2.45) is 0 Å². The Morgan fingerprint density at radius 2 is 2.05 bits per heavy atom. The average Bonchev–Trinajstić information content (AvgIpc) is 2.45. The molecule has 0 saturated carbocycles. The number of nitrogens with one attached hydrogen (secondary N) is 1. The molecule has 0 fully saturated rings. The van der Waals surface area contributed by atoms with Crippen LogP contribution in [0.25, 0.3) is 0 Å². The summed E-state index contributed by atoms with van der Waals surface area (Å²) in [6, 6.07) is 18.0. The summed E-state index contributed by atoms with van der Waals surface area (Å²) in [5.41, 5.74) is 5.67. The van der Waals surface area contributed by atoms with E-state index in [1.54, 1.807) is 0 Å². The van der Waals surface area contributed by atoms with Gasteiger partial charge in [0.15, 0.2) is 0 Å². The summed E-state index contributed by atoms with van der Waals surface area (Å²) in [6.45, 7) is 3.09. The van der Waals surface area contributed by atoms with Gasteiger partial charge in [0.2, 0.25) is 0 Å². The fraction of sp³-hybridized carbons (Fsp3) is 0.294. The Labute approximate surface area is 119 Å². The number of fused-ring (bicyclic) bond motifs is 1. The minimum atomic E-state index is 0.482. The number of thioether (sulfide) groups is 1. The summed E-state index contributed by atoms with van der Waals surface area (Å²) in [4.78, 5) is 0. The molecule has 0 amide bonds. The molecule has 0 aromatic heterocycles. The molecule has 3 rings (SSSR count). The van der Waals surface area contributed by atoms with E-state index >= 15 is 0 Å². The second-order valence-corrected chi connectivity index (χ2v) is 6.17. The smallest absolute Gasteiger partial charge is 0.0417 e. The molecular weight excluding hydrogens is 250 g/mol. The third kappa shape index (κ3) is 3.02. The SMILES string of the molecule is Cc1cccc(CNC2CSCc3ccccc32)c1. The maximum atomic E-state index is 3.70. The predicted molar refractivity (Wildman–Crippen MR) is 83.4 cm³/mol. The highest BCUT2D eigenvalue weighted by Gasteiger charge is 2.19. The van der Waals surface area contributed by atoms with Crippen LogP contribution in [0.3, 0.4) is 0 Å². The summed E-state index contributed by atoms with van der Waals surface area (Å²) >= 11 is 2.02. The number of aryl methyl sites for hydroxylation is 1. The first-order valence-electron chi connectivity index (χ1n) is 6.77. The van der Waals surface area contributed by atoms with Crippen molar-refractivity contribution in [3.63, 3.8) is 0 Å². The number of hydrogen-bond acceptors (Lipinski definition) is 2. The molecule has 1 nitrogen and oxygen atoms in total. The fourth-order valence-electron chi connectivity index (χ4n) is 2.61. The molecule has 1 unspecified atom stereocenters. The molecule has 1 aliphatic rings. The van der Waals surface area contributed by atoms with Crippen LogP contribution in [-0.4, -0.2) is 5.75 Å². The quantitative estimate of drug-likeness (QED) is 0.901. The van der Waals surface area contributed by atoms with Gasteiger partial charge in [-0.05, 0) is 23.6 Å². The number of hydrogen-bond donors (Lipinski definition) is 1. The first-order valence-corrected chi connectivity index (χ1v) is 7.93. The molecule has 0 bridgehead atoms. The van der Waals surface area contributed by atoms with Crippen LogP contribution in [0.2, 0.25) is 0 Å². The Morgan fingerprint density at radius 1 is 1.16 bits per heavy atom. The molecule has 98 valence electrons. The van der Waals surface area contributed by atoms with Gasteiger partial charge in [0, 0.05) is 24.1 Å². The van der Waals surface area contributed by atoms with Gasteiger partial charge in [-0.1, -0.05) is 54.1 Å². The molecule has 19 heavy (non-hydrogen) atoms. The van der Waals surface area contributed by atoms with Gasteiger partial charge in [-0.2, -0.15) is 11.8 Å². The van der Waals surface area contributed by atoms with Crippen molar-refractivity contribution < 1.29 is 0 Å². The topological polar surface area (TPSA) is 12.0 Å². The van der Waals surface area contributed by atoms with E-state index in [4.69, 9.17) is 0 Å². The maximum absolute atomic E-state index is 3.70. The summed E-state index contributed by atoms with van der Waals surface area (Å²) in [6.07, 6.45) is 0. The standard InChI is InChI=1S/C17H19NS/c1-13-5-4-6-14(9-13)10-18-17-12-19-11-15-7-2-3-8-16(15)17/h2-9,17-18H,10-12H2,1H3. The maximum Gasteiger partial charge on any atom is 0.0417 e. The van der Waals surface area contributed by atoms with Crippen molar-refractivity contribution in [2.45, 2.75) is 25.3 Å². The highest BCUT2D eigenvalue weighted by Crippen LogP contribution is 2.31. The van der Waals surface area contributed by atoms with E-state index in [2.05, 4.69) is 60.8 Å². The van der Waals surface area contributed by atoms with Gasteiger partial charge in [0.1, 0.15) is 0 Å². The van der Waals surface area contributed by atoms with Crippen molar-refractivity contribution in [3.8, 4) is 0 Å². The minimum Gasteiger partial charge on any atom is -0.305 e. The lowest BCUT2D eigenvalue weighted by atomic mass is 10.0. The van der Waals surface area contributed by atoms with Crippen molar-refractivity contribution in [1.82, 2.24) is 5.32 Å². The van der Waals surface area contributed by atoms with E-state index in [1.807, 2.05) is 11.8 Å². The predicted octanol–water partition coefficient (Wildman–Crippen LogP) is 4.07. The molecule has 0 radical (unpaired) electrons. The molecule has 1 N–H and O–H groups in total. The fourth-order valence-corrected chi connectivity index (χ4v) is 3.75. The Kier molecular flexibility index (Phi) is 3.90. The normalized spacial score (nSPS) is 18.1. The zero-order chi connectivity index (χ0) is 13.1. The monoisotopic (exact) mass is 269 g/mol. The zero-order valence-corrected chi connectivity index (χ0v) is 12.0. The van der Waals surface area contributed by atoms with Gasteiger partial charge < -0.3 is 5.32 Å². The highest BCUT2D eigenvalue weighted by atomic mass is 32.2. The molecule has 0 aliphatic carbocycles. The van der Waals surface area contributed by atoms with E-state index in [0.717, 1.165) is 12.3 Å². The van der Waals surface area contributed by atoms with E-state index in [9.17, 15) is 0 Å². The molecule has 1 aliphatic heterocycles. The van der Waals surface area contributed by atoms with Crippen LogP contribution in [-0.2, 0) is 12.3 Å². The van der Waals surface area contributed by atoms with Crippen LogP contribution in [0, 0.1) is 6.92 Å². The molecule has 2 heteroatoms. The molecule has 1 heterocycles. The van der Waals surface area contributed by atoms with E-state index in [1.165, 1.54) is 28.0 Å². The molecule has 2 aromatic rings. The van der Waals surface area contributed by atoms with E-state index < -0.39 is 0 Å². The van der Waals surface area contributed by atoms with Gasteiger partial charge in [0.25, 0.3) is 0 Å². The second kappa shape index (κ2) is 5.81. The Morgan fingerprint density at radius 3 is 2.95 bits per heavy atom. The third-order valence-electron chi connectivity index (χ3n) is 3.61. The third-order valence-corrected chi connectivity index (χ3v) is 4.69. The van der Waals surface area contributed by atoms with Gasteiger partial charge in [-0.25, -0.2) is 0 Å². The first kappa shape index (κ1) is 12.8. The van der Waals surface area contributed by atoms with Gasteiger partial charge in [-0.15, -0.1) is 0 Å². The summed E-state index contributed by atoms with van der Waals surface area (Å²) in [5.74, 6) is 2.32. The average molecular weight is 269 g/mol. The van der Waals surface area contributed by atoms with Crippen molar-refractivity contribution in [1.29, 1.82) is 0 Å². The number of benzene rings is 2. The van der Waals surface area contributed by atoms with Crippen LogP contribution in [0.4, 0.5) is 0 Å². The molecular formula is C17H19NS. The zero-order valence-electron chi connectivity index (χ0n) is 11.2.